The number of hydrogen-bond donors (Lipinski definition) is 1. The van der Waals surface area contributed by atoms with E-state index in [1.807, 2.05) is 0 Å². The van der Waals surface area contributed by atoms with E-state index in [1.165, 1.54) is 0 Å². The zero-order chi connectivity index (χ0) is 9.26. The number of nitrogens with one attached hydrogen (secondary N) is 1. The standard InChI is InChI=1S/C9H12ClNO2/c10-6-4-2-1-3-5-7-8(6)11-9(12)13-7/h1,3,6-8H,2,4-5H2,(H,11,12)/b3-1-/t6-,7+,8+/m1/s1. The van der Waals surface area contributed by atoms with Gasteiger partial charge in [0.25, 0.3) is 0 Å². The number of allylic oxidation sites excluding steroid dienone is 1. The molecule has 72 valence electrons. The van der Waals surface area contributed by atoms with Gasteiger partial charge in [-0.25, -0.2) is 4.79 Å². The molecule has 2 rings (SSSR count). The molecule has 1 heterocycles. The molecule has 1 aliphatic heterocycles. The Bertz CT molecular complexity index is 242. The first-order valence-corrected chi connectivity index (χ1v) is 4.97. The lowest BCUT2D eigenvalue weighted by atomic mass is 9.98. The van der Waals surface area contributed by atoms with Crippen LogP contribution in [0.1, 0.15) is 19.3 Å². The van der Waals surface area contributed by atoms with E-state index in [4.69, 9.17) is 16.3 Å². The third-order valence-electron chi connectivity index (χ3n) is 2.48. The Morgan fingerprint density at radius 3 is 3.23 bits per heavy atom. The fraction of sp³-hybridized carbons (Fsp3) is 0.667. The quantitative estimate of drug-likeness (QED) is 0.480. The van der Waals surface area contributed by atoms with Crippen molar-refractivity contribution >= 4 is 17.7 Å². The van der Waals surface area contributed by atoms with Crippen LogP contribution in [-0.4, -0.2) is 23.6 Å². The summed E-state index contributed by atoms with van der Waals surface area (Å²) in [6.45, 7) is 0. The van der Waals surface area contributed by atoms with Crippen molar-refractivity contribution in [1.82, 2.24) is 5.32 Å². The van der Waals surface area contributed by atoms with Crippen LogP contribution in [0, 0.1) is 0 Å². The van der Waals surface area contributed by atoms with Crippen LogP contribution in [0.4, 0.5) is 4.79 Å². The summed E-state index contributed by atoms with van der Waals surface area (Å²) in [5, 5.41) is 2.73. The third-order valence-corrected chi connectivity index (χ3v) is 2.97. The maximum absolute atomic E-state index is 11.0. The highest BCUT2D eigenvalue weighted by Gasteiger charge is 2.38. The maximum Gasteiger partial charge on any atom is 0.407 e. The molecule has 1 N–H and O–H groups in total. The molecule has 13 heavy (non-hydrogen) atoms. The van der Waals surface area contributed by atoms with Crippen LogP contribution in [0.15, 0.2) is 12.2 Å². The number of rotatable bonds is 0. The first kappa shape index (κ1) is 8.88. The number of amides is 1. The summed E-state index contributed by atoms with van der Waals surface area (Å²) in [4.78, 5) is 11.0. The summed E-state index contributed by atoms with van der Waals surface area (Å²) >= 11 is 6.13. The Balaban J connectivity index is 2.12. The van der Waals surface area contributed by atoms with Crippen molar-refractivity contribution < 1.29 is 9.53 Å². The number of alkyl carbamates (subject to hydrolysis) is 1. The Morgan fingerprint density at radius 1 is 1.54 bits per heavy atom. The molecule has 0 unspecified atom stereocenters. The van der Waals surface area contributed by atoms with E-state index in [1.54, 1.807) is 0 Å². The second kappa shape index (κ2) is 3.58. The highest BCUT2D eigenvalue weighted by Crippen LogP contribution is 2.24. The summed E-state index contributed by atoms with van der Waals surface area (Å²) in [5.74, 6) is 0. The van der Waals surface area contributed by atoms with E-state index in [0.717, 1.165) is 19.3 Å². The molecule has 1 aliphatic carbocycles. The van der Waals surface area contributed by atoms with Gasteiger partial charge in [0, 0.05) is 6.42 Å². The van der Waals surface area contributed by atoms with Gasteiger partial charge in [0.15, 0.2) is 0 Å². The smallest absolute Gasteiger partial charge is 0.407 e. The Hall–Kier alpha value is -0.700. The zero-order valence-electron chi connectivity index (χ0n) is 7.20. The number of carbonyl (C=O) groups excluding carboxylic acids is 1. The van der Waals surface area contributed by atoms with Gasteiger partial charge in [0.05, 0.1) is 11.4 Å². The Kier molecular flexibility index (Phi) is 2.44. The van der Waals surface area contributed by atoms with Crippen LogP contribution >= 0.6 is 11.6 Å². The number of alkyl halides is 1. The second-order valence-electron chi connectivity index (χ2n) is 3.41. The van der Waals surface area contributed by atoms with Gasteiger partial charge in [-0.1, -0.05) is 12.2 Å². The molecule has 3 atom stereocenters. The highest BCUT2D eigenvalue weighted by atomic mass is 35.5. The molecular formula is C9H12ClNO2. The molecule has 0 bridgehead atoms. The lowest BCUT2D eigenvalue weighted by molar-refractivity contribution is 0.131. The average Bonchev–Trinajstić information content (AvgIpc) is 2.43. The van der Waals surface area contributed by atoms with Gasteiger partial charge in [0.2, 0.25) is 0 Å². The predicted octanol–water partition coefficient (Wildman–Crippen LogP) is 1.81. The van der Waals surface area contributed by atoms with Crippen LogP contribution in [0.2, 0.25) is 0 Å². The van der Waals surface area contributed by atoms with E-state index < -0.39 is 0 Å². The first-order valence-electron chi connectivity index (χ1n) is 4.53. The van der Waals surface area contributed by atoms with Crippen LogP contribution in [0.25, 0.3) is 0 Å². The minimum absolute atomic E-state index is 0.0126. The average molecular weight is 202 g/mol. The molecule has 0 saturated carbocycles. The largest absolute Gasteiger partial charge is 0.444 e. The molecule has 2 aliphatic rings. The number of hydrogen-bond acceptors (Lipinski definition) is 2. The zero-order valence-corrected chi connectivity index (χ0v) is 7.96. The van der Waals surface area contributed by atoms with Crippen LogP contribution < -0.4 is 5.32 Å². The van der Waals surface area contributed by atoms with Gasteiger partial charge in [-0.15, -0.1) is 11.6 Å². The van der Waals surface area contributed by atoms with Crippen molar-refractivity contribution in [3.8, 4) is 0 Å². The summed E-state index contributed by atoms with van der Waals surface area (Å²) in [5.41, 5.74) is 0. The fourth-order valence-electron chi connectivity index (χ4n) is 1.78. The van der Waals surface area contributed by atoms with Crippen molar-refractivity contribution in [2.75, 3.05) is 0 Å². The fourth-order valence-corrected chi connectivity index (χ4v) is 2.13. The molecule has 0 aromatic rings. The lowest BCUT2D eigenvalue weighted by Gasteiger charge is -2.21. The molecule has 3 nitrogen and oxygen atoms in total. The van der Waals surface area contributed by atoms with Gasteiger partial charge in [-0.05, 0) is 12.8 Å². The molecule has 1 fully saturated rings. The Morgan fingerprint density at radius 2 is 2.38 bits per heavy atom. The SMILES string of the molecule is O=C1N[C@H]2[C@H](Cl)CC/C=C\C[C@@H]2O1. The van der Waals surface area contributed by atoms with Crippen molar-refractivity contribution in [3.05, 3.63) is 12.2 Å². The molecule has 0 aromatic carbocycles. The van der Waals surface area contributed by atoms with Crippen LogP contribution in [-0.2, 0) is 4.74 Å². The van der Waals surface area contributed by atoms with Gasteiger partial charge < -0.3 is 10.1 Å². The molecule has 0 aromatic heterocycles. The monoisotopic (exact) mass is 201 g/mol. The number of ether oxygens (including phenoxy) is 1. The van der Waals surface area contributed by atoms with Gasteiger partial charge in [0.1, 0.15) is 6.10 Å². The van der Waals surface area contributed by atoms with Crippen molar-refractivity contribution in [1.29, 1.82) is 0 Å². The number of halogens is 1. The molecular weight excluding hydrogens is 190 g/mol. The third kappa shape index (κ3) is 1.80. The van der Waals surface area contributed by atoms with Crippen molar-refractivity contribution in [2.24, 2.45) is 0 Å². The van der Waals surface area contributed by atoms with E-state index in [2.05, 4.69) is 17.5 Å². The molecule has 4 heteroatoms. The summed E-state index contributed by atoms with van der Waals surface area (Å²) in [6.07, 6.45) is 6.38. The molecule has 0 spiro atoms. The van der Waals surface area contributed by atoms with Gasteiger partial charge in [-0.3, -0.25) is 0 Å². The summed E-state index contributed by atoms with van der Waals surface area (Å²) in [6, 6.07) is -0.0147. The summed E-state index contributed by atoms with van der Waals surface area (Å²) < 4.78 is 5.09. The van der Waals surface area contributed by atoms with Crippen LogP contribution in [0.5, 0.6) is 0 Å². The summed E-state index contributed by atoms with van der Waals surface area (Å²) in [7, 11) is 0. The molecule has 1 amide bonds. The van der Waals surface area contributed by atoms with E-state index in [-0.39, 0.29) is 23.6 Å². The highest BCUT2D eigenvalue weighted by molar-refractivity contribution is 6.21. The topological polar surface area (TPSA) is 38.3 Å². The number of fused-ring (bicyclic) bond motifs is 1. The van der Waals surface area contributed by atoms with Crippen LogP contribution in [0.3, 0.4) is 0 Å². The predicted molar refractivity (Wildman–Crippen MR) is 49.8 cm³/mol. The first-order chi connectivity index (χ1) is 6.27. The molecule has 1 saturated heterocycles. The van der Waals surface area contributed by atoms with Gasteiger partial charge >= 0.3 is 6.09 Å². The second-order valence-corrected chi connectivity index (χ2v) is 3.97. The minimum atomic E-state index is -0.337. The van der Waals surface area contributed by atoms with E-state index in [0.29, 0.717) is 0 Å². The van der Waals surface area contributed by atoms with Crippen molar-refractivity contribution in [2.45, 2.75) is 36.8 Å². The van der Waals surface area contributed by atoms with Crippen molar-refractivity contribution in [3.63, 3.8) is 0 Å². The Labute approximate surface area is 82.1 Å². The molecule has 0 radical (unpaired) electrons. The van der Waals surface area contributed by atoms with Gasteiger partial charge in [-0.2, -0.15) is 0 Å². The normalized spacial score (nSPS) is 41.0. The minimum Gasteiger partial charge on any atom is -0.444 e. The number of carbonyl (C=O) groups is 1. The maximum atomic E-state index is 11.0. The lowest BCUT2D eigenvalue weighted by Crippen LogP contribution is -2.40. The van der Waals surface area contributed by atoms with E-state index >= 15 is 0 Å². The van der Waals surface area contributed by atoms with E-state index in [9.17, 15) is 4.79 Å².